The van der Waals surface area contributed by atoms with Crippen molar-refractivity contribution in [2.75, 3.05) is 6.61 Å². The van der Waals surface area contributed by atoms with Crippen LogP contribution in [0.5, 0.6) is 0 Å². The van der Waals surface area contributed by atoms with Crippen LogP contribution < -0.4 is 21.6 Å². The van der Waals surface area contributed by atoms with Crippen LogP contribution >= 0.6 is 0 Å². The molecule has 3 aromatic carbocycles. The summed E-state index contributed by atoms with van der Waals surface area (Å²) in [6.07, 6.45) is 1.16. The third kappa shape index (κ3) is 5.40. The minimum Gasteiger partial charge on any atom is -0.406 e. The average molecular weight is 556 g/mol. The number of H-pyrrole nitrogens is 1. The van der Waals surface area contributed by atoms with Gasteiger partial charge >= 0.3 is 5.69 Å². The number of hydrogen-bond acceptors (Lipinski definition) is 5. The topological polar surface area (TPSA) is 76.6 Å². The maximum absolute atomic E-state index is 13.0. The number of nitrogens with one attached hydrogen (secondary N) is 1. The summed E-state index contributed by atoms with van der Waals surface area (Å²) >= 11 is 0. The van der Waals surface area contributed by atoms with Gasteiger partial charge in [-0.15, -0.1) is 0 Å². The molecule has 0 amide bonds. The first kappa shape index (κ1) is 28.0. The Hall–Kier alpha value is -3.56. The second-order valence-electron chi connectivity index (χ2n) is 11.4. The molecular weight excluding hydrogens is 518 g/mol. The van der Waals surface area contributed by atoms with Crippen molar-refractivity contribution in [3.63, 3.8) is 0 Å². The Bertz CT molecular complexity index is 1490. The average Bonchev–Trinajstić information content (AvgIpc) is 3.34. The van der Waals surface area contributed by atoms with Gasteiger partial charge in [-0.3, -0.25) is 9.63 Å². The number of rotatable bonds is 8. The van der Waals surface area contributed by atoms with Crippen LogP contribution in [0.15, 0.2) is 107 Å². The molecule has 5 rings (SSSR count). The minimum absolute atomic E-state index is 0.177. The Morgan fingerprint density at radius 1 is 0.900 bits per heavy atom. The highest BCUT2D eigenvalue weighted by Gasteiger charge is 2.51. The largest absolute Gasteiger partial charge is 0.406 e. The van der Waals surface area contributed by atoms with Crippen LogP contribution in [0.4, 0.5) is 0 Å². The molecule has 1 aromatic heterocycles. The fourth-order valence-corrected chi connectivity index (χ4v) is 10.3. The summed E-state index contributed by atoms with van der Waals surface area (Å²) in [7, 11) is -2.79. The third-order valence-electron chi connectivity index (χ3n) is 7.70. The van der Waals surface area contributed by atoms with Crippen molar-refractivity contribution in [3.8, 4) is 0 Å². The van der Waals surface area contributed by atoms with Crippen LogP contribution in [0.3, 0.4) is 0 Å². The molecule has 40 heavy (non-hydrogen) atoms. The van der Waals surface area contributed by atoms with Crippen LogP contribution in [0.2, 0.25) is 5.04 Å². The molecule has 1 saturated heterocycles. The van der Waals surface area contributed by atoms with E-state index in [9.17, 15) is 9.59 Å². The van der Waals surface area contributed by atoms with E-state index in [2.05, 4.69) is 74.3 Å². The molecule has 2 atom stereocenters. The van der Waals surface area contributed by atoms with Crippen LogP contribution in [0.1, 0.15) is 44.5 Å². The first-order valence-corrected chi connectivity index (χ1v) is 15.6. The second-order valence-corrected chi connectivity index (χ2v) is 15.7. The highest BCUT2D eigenvalue weighted by Crippen LogP contribution is 2.38. The third-order valence-corrected chi connectivity index (χ3v) is 12.7. The molecule has 8 heteroatoms. The number of hydroxylamine groups is 2. The summed E-state index contributed by atoms with van der Waals surface area (Å²) in [5.74, 6) is 0. The number of nitrogens with zero attached hydrogens (tertiary/aromatic N) is 2. The van der Waals surface area contributed by atoms with E-state index >= 15 is 0 Å². The zero-order chi connectivity index (χ0) is 28.3. The normalized spacial score (nSPS) is 18.2. The van der Waals surface area contributed by atoms with Crippen molar-refractivity contribution < 1.29 is 9.26 Å². The molecule has 0 bridgehead atoms. The Labute approximate surface area is 236 Å². The van der Waals surface area contributed by atoms with Gasteiger partial charge in [0.25, 0.3) is 13.9 Å². The van der Waals surface area contributed by atoms with Crippen LogP contribution in [-0.4, -0.2) is 35.6 Å². The highest BCUT2D eigenvalue weighted by molar-refractivity contribution is 6.99. The Kier molecular flexibility index (Phi) is 8.05. The second kappa shape index (κ2) is 11.5. The SMILES string of the molecule is Cc1c[nH]c(=O)n([C@H]2C[C@H](CO[Si](c3ccccc3)(c3ccccc3)C(C)(C)C)N(Cc3ccccc3)O2)c1=O. The lowest BCUT2D eigenvalue weighted by atomic mass is 10.1. The monoisotopic (exact) mass is 555 g/mol. The van der Waals surface area contributed by atoms with E-state index < -0.39 is 20.2 Å². The maximum Gasteiger partial charge on any atom is 0.330 e. The van der Waals surface area contributed by atoms with Crippen LogP contribution in [0, 0.1) is 6.92 Å². The summed E-state index contributed by atoms with van der Waals surface area (Å²) in [6, 6.07) is 30.9. The lowest BCUT2D eigenvalue weighted by Crippen LogP contribution is -2.67. The molecule has 0 unspecified atom stereocenters. The van der Waals surface area contributed by atoms with Crippen LogP contribution in [-0.2, 0) is 15.8 Å². The van der Waals surface area contributed by atoms with Crippen molar-refractivity contribution in [2.45, 2.75) is 58.0 Å². The molecule has 7 nitrogen and oxygen atoms in total. The first-order chi connectivity index (χ1) is 19.2. The fourth-order valence-electron chi connectivity index (χ4n) is 5.70. The highest BCUT2D eigenvalue weighted by atomic mass is 28.4. The molecule has 1 fully saturated rings. The fraction of sp³-hybridized carbons (Fsp3) is 0.312. The maximum atomic E-state index is 13.0. The number of aromatic nitrogens is 2. The molecule has 0 radical (unpaired) electrons. The number of aryl methyl sites for hydroxylation is 1. The van der Waals surface area contributed by atoms with E-state index in [0.717, 1.165) is 5.56 Å². The summed E-state index contributed by atoms with van der Waals surface area (Å²) in [5, 5.41) is 4.10. The van der Waals surface area contributed by atoms with Crippen LogP contribution in [0.25, 0.3) is 0 Å². The quantitative estimate of drug-likeness (QED) is 0.331. The van der Waals surface area contributed by atoms with E-state index in [0.29, 0.717) is 25.1 Å². The van der Waals surface area contributed by atoms with Crippen molar-refractivity contribution in [1.82, 2.24) is 14.6 Å². The molecule has 0 aliphatic carbocycles. The van der Waals surface area contributed by atoms with E-state index in [4.69, 9.17) is 9.26 Å². The van der Waals surface area contributed by atoms with E-state index in [-0.39, 0.29) is 16.6 Å². The zero-order valence-electron chi connectivity index (χ0n) is 23.5. The summed E-state index contributed by atoms with van der Waals surface area (Å²) in [5.41, 5.74) is 0.713. The van der Waals surface area contributed by atoms with E-state index in [1.807, 2.05) is 47.5 Å². The molecule has 4 aromatic rings. The van der Waals surface area contributed by atoms with Gasteiger partial charge < -0.3 is 9.41 Å². The van der Waals surface area contributed by atoms with Gasteiger partial charge in [-0.2, -0.15) is 5.06 Å². The predicted octanol–water partition coefficient (Wildman–Crippen LogP) is 4.13. The predicted molar refractivity (Wildman–Crippen MR) is 160 cm³/mol. The molecule has 1 aliphatic heterocycles. The lowest BCUT2D eigenvalue weighted by molar-refractivity contribution is -0.194. The van der Waals surface area contributed by atoms with Gasteiger partial charge in [0.05, 0.1) is 12.6 Å². The van der Waals surface area contributed by atoms with E-state index in [1.54, 1.807) is 6.92 Å². The zero-order valence-corrected chi connectivity index (χ0v) is 24.5. The summed E-state index contributed by atoms with van der Waals surface area (Å²) in [4.78, 5) is 34.8. The minimum atomic E-state index is -2.79. The molecule has 0 spiro atoms. The van der Waals surface area contributed by atoms with Gasteiger partial charge in [-0.05, 0) is 27.9 Å². The lowest BCUT2D eigenvalue weighted by Gasteiger charge is -2.43. The standard InChI is InChI=1S/C32H37N3O4Si/c1-24-21-33-31(37)35(30(24)36)29-20-26(34(39-29)22-25-14-8-5-9-15-25)23-38-40(32(2,3)4,27-16-10-6-11-17-27)28-18-12-7-13-19-28/h5-19,21,26,29H,20,22-23H2,1-4H3,(H,33,37)/t26-,29-/m1/s1. The molecule has 1 aliphatic rings. The number of benzene rings is 3. The molecular formula is C32H37N3O4Si. The molecule has 1 N–H and O–H groups in total. The summed E-state index contributed by atoms with van der Waals surface area (Å²) in [6.45, 7) is 9.33. The van der Waals surface area contributed by atoms with Gasteiger partial charge in [0.15, 0.2) is 6.23 Å². The van der Waals surface area contributed by atoms with Crippen molar-refractivity contribution in [3.05, 3.63) is 129 Å². The van der Waals surface area contributed by atoms with E-state index in [1.165, 1.54) is 21.1 Å². The molecule has 2 heterocycles. The summed E-state index contributed by atoms with van der Waals surface area (Å²) < 4.78 is 8.42. The Balaban J connectivity index is 1.53. The number of hydrogen-bond donors (Lipinski definition) is 1. The van der Waals surface area contributed by atoms with Crippen molar-refractivity contribution in [2.24, 2.45) is 0 Å². The Morgan fingerprint density at radius 3 is 2.00 bits per heavy atom. The van der Waals surface area contributed by atoms with Crippen molar-refractivity contribution >= 4 is 18.7 Å². The van der Waals surface area contributed by atoms with Gasteiger partial charge in [-0.25, -0.2) is 9.36 Å². The van der Waals surface area contributed by atoms with Crippen molar-refractivity contribution in [1.29, 1.82) is 0 Å². The molecule has 0 saturated carbocycles. The first-order valence-electron chi connectivity index (χ1n) is 13.7. The smallest absolute Gasteiger partial charge is 0.330 e. The van der Waals surface area contributed by atoms with Gasteiger partial charge in [0, 0.05) is 24.7 Å². The van der Waals surface area contributed by atoms with Gasteiger partial charge in [-0.1, -0.05) is 112 Å². The molecule has 208 valence electrons. The van der Waals surface area contributed by atoms with Gasteiger partial charge in [0.2, 0.25) is 0 Å². The number of aromatic amines is 1. The van der Waals surface area contributed by atoms with Gasteiger partial charge in [0.1, 0.15) is 0 Å². The Morgan fingerprint density at radius 2 is 1.45 bits per heavy atom.